The second kappa shape index (κ2) is 10.3. The normalized spacial score (nSPS) is 18.6. The number of rotatable bonds is 7. The van der Waals surface area contributed by atoms with Crippen LogP contribution in [0.1, 0.15) is 40.5 Å². The van der Waals surface area contributed by atoms with E-state index in [1.165, 1.54) is 0 Å². The van der Waals surface area contributed by atoms with Gasteiger partial charge in [0.1, 0.15) is 23.5 Å². The molecular formula is C31H37N5O4. The third-order valence-electron chi connectivity index (χ3n) is 7.51. The number of para-hydroxylation sites is 1. The molecule has 9 nitrogen and oxygen atoms in total. The van der Waals surface area contributed by atoms with E-state index in [2.05, 4.69) is 46.4 Å². The standard InChI is InChI=1S/C31H37N5O4/c1-30(2,3)40-29(37)32-16-22-8-6-14-35(22)26-9-5-7-21-10-13-27(34-28(21)26)36-20-33-24-15-23(11-12-25(24)36)39-19-31(4)17-38-18-31/h5,7,9-13,15,20,22H,6,8,14,16-19H2,1-4H3,(H,32,37). The highest BCUT2D eigenvalue weighted by Gasteiger charge is 2.34. The van der Waals surface area contributed by atoms with Gasteiger partial charge in [0, 0.05) is 36.0 Å². The molecule has 0 aliphatic carbocycles. The Morgan fingerprint density at radius 2 is 2.02 bits per heavy atom. The number of imidazole rings is 1. The maximum absolute atomic E-state index is 12.3. The minimum absolute atomic E-state index is 0.0845. The summed E-state index contributed by atoms with van der Waals surface area (Å²) in [6.07, 6.45) is 3.48. The molecule has 9 heteroatoms. The van der Waals surface area contributed by atoms with Crippen molar-refractivity contribution in [1.29, 1.82) is 0 Å². The molecule has 2 aromatic heterocycles. The molecule has 2 saturated heterocycles. The number of benzene rings is 2. The molecule has 2 aromatic carbocycles. The van der Waals surface area contributed by atoms with E-state index in [4.69, 9.17) is 19.2 Å². The summed E-state index contributed by atoms with van der Waals surface area (Å²) in [5, 5.41) is 4.03. The average Bonchev–Trinajstić information content (AvgIpc) is 3.55. The molecule has 0 radical (unpaired) electrons. The number of hydrogen-bond donors (Lipinski definition) is 1. The predicted octanol–water partition coefficient (Wildman–Crippen LogP) is 5.48. The number of alkyl carbamates (subject to hydrolysis) is 1. The van der Waals surface area contributed by atoms with Gasteiger partial charge < -0.3 is 24.4 Å². The zero-order valence-corrected chi connectivity index (χ0v) is 23.6. The SMILES string of the molecule is CC1(COc2ccc3c(c2)ncn3-c2ccc3cccc(N4CCCC4CNC(=O)OC(C)(C)C)c3n2)COC1. The fourth-order valence-electron chi connectivity index (χ4n) is 5.42. The fraction of sp³-hybridized carbons (Fsp3) is 0.452. The number of fused-ring (bicyclic) bond motifs is 2. The zero-order chi connectivity index (χ0) is 27.9. The third kappa shape index (κ3) is 5.43. The first-order valence-electron chi connectivity index (χ1n) is 14.0. The van der Waals surface area contributed by atoms with Crippen LogP contribution < -0.4 is 15.0 Å². The van der Waals surface area contributed by atoms with Gasteiger partial charge in [-0.15, -0.1) is 0 Å². The Morgan fingerprint density at radius 3 is 2.80 bits per heavy atom. The average molecular weight is 544 g/mol. The van der Waals surface area contributed by atoms with E-state index in [0.29, 0.717) is 13.2 Å². The monoisotopic (exact) mass is 543 g/mol. The zero-order valence-electron chi connectivity index (χ0n) is 23.6. The second-order valence-corrected chi connectivity index (χ2v) is 12.2. The summed E-state index contributed by atoms with van der Waals surface area (Å²) < 4.78 is 18.8. The Balaban J connectivity index is 1.24. The highest BCUT2D eigenvalue weighted by molar-refractivity contribution is 5.92. The van der Waals surface area contributed by atoms with Crippen LogP contribution in [0.15, 0.2) is 54.9 Å². The predicted molar refractivity (Wildman–Crippen MR) is 155 cm³/mol. The van der Waals surface area contributed by atoms with Crippen molar-refractivity contribution in [2.45, 2.75) is 52.2 Å². The fourth-order valence-corrected chi connectivity index (χ4v) is 5.42. The van der Waals surface area contributed by atoms with E-state index in [1.54, 1.807) is 0 Å². The summed E-state index contributed by atoms with van der Waals surface area (Å²) in [6.45, 7) is 11.3. The number of carbonyl (C=O) groups excluding carboxylic acids is 1. The first-order chi connectivity index (χ1) is 19.2. The Bertz CT molecular complexity index is 1540. The van der Waals surface area contributed by atoms with Gasteiger partial charge in [-0.1, -0.05) is 19.1 Å². The number of nitrogens with zero attached hydrogens (tertiary/aromatic N) is 4. The lowest BCUT2D eigenvalue weighted by molar-refractivity contribution is -0.120. The lowest BCUT2D eigenvalue weighted by Gasteiger charge is -2.37. The first-order valence-corrected chi connectivity index (χ1v) is 14.0. The van der Waals surface area contributed by atoms with E-state index >= 15 is 0 Å². The van der Waals surface area contributed by atoms with Crippen LogP contribution >= 0.6 is 0 Å². The number of ether oxygens (including phenoxy) is 3. The van der Waals surface area contributed by atoms with Crippen molar-refractivity contribution < 1.29 is 19.0 Å². The molecule has 1 amide bonds. The topological polar surface area (TPSA) is 90.7 Å². The number of pyridine rings is 1. The molecule has 4 aromatic rings. The summed E-state index contributed by atoms with van der Waals surface area (Å²) in [4.78, 5) is 24.4. The summed E-state index contributed by atoms with van der Waals surface area (Å²) >= 11 is 0. The summed E-state index contributed by atoms with van der Waals surface area (Å²) in [5.41, 5.74) is 3.39. The number of carbonyl (C=O) groups is 1. The van der Waals surface area contributed by atoms with E-state index in [9.17, 15) is 4.79 Å². The van der Waals surface area contributed by atoms with Gasteiger partial charge in [-0.05, 0) is 63.9 Å². The van der Waals surface area contributed by atoms with Gasteiger partial charge in [-0.2, -0.15) is 0 Å². The largest absolute Gasteiger partial charge is 0.493 e. The number of aromatic nitrogens is 3. The molecule has 1 unspecified atom stereocenters. The Kier molecular flexibility index (Phi) is 6.78. The molecule has 1 N–H and O–H groups in total. The molecule has 0 saturated carbocycles. The molecule has 4 heterocycles. The summed E-state index contributed by atoms with van der Waals surface area (Å²) in [6, 6.07) is 16.6. The number of amides is 1. The lowest BCUT2D eigenvalue weighted by Crippen LogP contribution is -2.44. The Labute approximate surface area is 234 Å². The van der Waals surface area contributed by atoms with Crippen molar-refractivity contribution in [1.82, 2.24) is 19.9 Å². The van der Waals surface area contributed by atoms with Crippen molar-refractivity contribution in [2.24, 2.45) is 5.41 Å². The molecule has 2 aliphatic heterocycles. The molecule has 1 atom stereocenters. The Morgan fingerprint density at radius 1 is 1.18 bits per heavy atom. The van der Waals surface area contributed by atoms with E-state index in [-0.39, 0.29) is 17.6 Å². The van der Waals surface area contributed by atoms with Crippen LogP contribution in [0.2, 0.25) is 0 Å². The maximum atomic E-state index is 12.3. The molecule has 0 spiro atoms. The van der Waals surface area contributed by atoms with Gasteiger partial charge in [0.15, 0.2) is 0 Å². The van der Waals surface area contributed by atoms with Crippen LogP contribution in [0.25, 0.3) is 27.8 Å². The van der Waals surface area contributed by atoms with Crippen LogP contribution in [0.4, 0.5) is 10.5 Å². The van der Waals surface area contributed by atoms with Gasteiger partial charge in [0.25, 0.3) is 0 Å². The van der Waals surface area contributed by atoms with Crippen LogP contribution in [0.5, 0.6) is 5.75 Å². The number of nitrogens with one attached hydrogen (secondary N) is 1. The van der Waals surface area contributed by atoms with Crippen LogP contribution in [0, 0.1) is 5.41 Å². The minimum atomic E-state index is -0.523. The van der Waals surface area contributed by atoms with Crippen molar-refractivity contribution in [3.63, 3.8) is 0 Å². The van der Waals surface area contributed by atoms with Crippen LogP contribution in [-0.4, -0.2) is 65.2 Å². The molecular weight excluding hydrogens is 506 g/mol. The summed E-state index contributed by atoms with van der Waals surface area (Å²) in [5.74, 6) is 1.61. The highest BCUT2D eigenvalue weighted by atomic mass is 16.6. The number of anilines is 1. The summed E-state index contributed by atoms with van der Waals surface area (Å²) in [7, 11) is 0. The second-order valence-electron chi connectivity index (χ2n) is 12.2. The first kappa shape index (κ1) is 26.4. The molecule has 210 valence electrons. The van der Waals surface area contributed by atoms with Crippen molar-refractivity contribution in [3.8, 4) is 11.6 Å². The van der Waals surface area contributed by atoms with Gasteiger partial charge in [-0.25, -0.2) is 14.8 Å². The van der Waals surface area contributed by atoms with Crippen LogP contribution in [-0.2, 0) is 9.47 Å². The smallest absolute Gasteiger partial charge is 0.407 e. The van der Waals surface area contributed by atoms with E-state index in [0.717, 1.165) is 71.8 Å². The Hall–Kier alpha value is -3.85. The van der Waals surface area contributed by atoms with Crippen molar-refractivity contribution in [2.75, 3.05) is 37.8 Å². The van der Waals surface area contributed by atoms with Crippen LogP contribution in [0.3, 0.4) is 0 Å². The van der Waals surface area contributed by atoms with Gasteiger partial charge in [0.05, 0.1) is 42.1 Å². The molecule has 0 bridgehead atoms. The molecule has 2 fully saturated rings. The number of hydrogen-bond acceptors (Lipinski definition) is 7. The van der Waals surface area contributed by atoms with Crippen molar-refractivity contribution in [3.05, 3.63) is 54.9 Å². The molecule has 6 rings (SSSR count). The van der Waals surface area contributed by atoms with Gasteiger partial charge in [0.2, 0.25) is 0 Å². The van der Waals surface area contributed by atoms with E-state index < -0.39 is 5.60 Å². The van der Waals surface area contributed by atoms with Gasteiger partial charge in [-0.3, -0.25) is 4.57 Å². The van der Waals surface area contributed by atoms with E-state index in [1.807, 2.05) is 55.9 Å². The van der Waals surface area contributed by atoms with Crippen molar-refractivity contribution >= 4 is 33.7 Å². The quantitative estimate of drug-likeness (QED) is 0.330. The van der Waals surface area contributed by atoms with Gasteiger partial charge >= 0.3 is 6.09 Å². The third-order valence-corrected chi connectivity index (χ3v) is 7.51. The maximum Gasteiger partial charge on any atom is 0.407 e. The minimum Gasteiger partial charge on any atom is -0.493 e. The lowest BCUT2D eigenvalue weighted by atomic mass is 9.90. The molecule has 2 aliphatic rings. The molecule has 40 heavy (non-hydrogen) atoms. The highest BCUT2D eigenvalue weighted by Crippen LogP contribution is 2.33.